The van der Waals surface area contributed by atoms with Gasteiger partial charge in [0, 0.05) is 6.07 Å². The van der Waals surface area contributed by atoms with Crippen LogP contribution in [0, 0.1) is 23.0 Å². The van der Waals surface area contributed by atoms with Crippen molar-refractivity contribution < 1.29 is 8.78 Å². The van der Waals surface area contributed by atoms with Gasteiger partial charge in [-0.3, -0.25) is 0 Å². The van der Waals surface area contributed by atoms with E-state index < -0.39 is 11.6 Å². The second-order valence-corrected chi connectivity index (χ2v) is 7.18. The lowest BCUT2D eigenvalue weighted by molar-refractivity contribution is 0.159. The van der Waals surface area contributed by atoms with Crippen molar-refractivity contribution in [3.05, 3.63) is 35.4 Å². The molecule has 0 bridgehead atoms. The zero-order valence-corrected chi connectivity index (χ0v) is 13.4. The third-order valence-electron chi connectivity index (χ3n) is 4.68. The highest BCUT2D eigenvalue weighted by molar-refractivity contribution is 5.24. The summed E-state index contributed by atoms with van der Waals surface area (Å²) in [6, 6.07) is 3.99. The molecule has 0 aromatic heterocycles. The van der Waals surface area contributed by atoms with Crippen molar-refractivity contribution in [1.29, 1.82) is 0 Å². The minimum absolute atomic E-state index is 0.239. The summed E-state index contributed by atoms with van der Waals surface area (Å²) in [6.07, 6.45) is 4.40. The molecule has 118 valence electrons. The Balaban J connectivity index is 2.19. The zero-order valence-electron chi connectivity index (χ0n) is 13.4. The van der Waals surface area contributed by atoms with Crippen LogP contribution < -0.4 is 5.32 Å². The molecule has 1 aliphatic rings. The Kier molecular flexibility index (Phi) is 5.37. The molecule has 2 atom stereocenters. The fraction of sp³-hybridized carbons (Fsp3) is 0.667. The Bertz CT molecular complexity index is 450. The Morgan fingerprint density at radius 1 is 1.19 bits per heavy atom. The Morgan fingerprint density at radius 3 is 2.48 bits per heavy atom. The number of halogens is 2. The molecule has 2 unspecified atom stereocenters. The van der Waals surface area contributed by atoms with Crippen LogP contribution >= 0.6 is 0 Å². The Hall–Kier alpha value is -0.960. The topological polar surface area (TPSA) is 12.0 Å². The van der Waals surface area contributed by atoms with Gasteiger partial charge in [-0.2, -0.15) is 0 Å². The highest BCUT2D eigenvalue weighted by Crippen LogP contribution is 2.46. The molecule has 0 heterocycles. The van der Waals surface area contributed by atoms with E-state index in [4.69, 9.17) is 0 Å². The molecule has 0 saturated heterocycles. The molecular formula is C18H27F2N. The summed E-state index contributed by atoms with van der Waals surface area (Å²) in [4.78, 5) is 0. The number of nitrogens with one attached hydrogen (secondary N) is 1. The van der Waals surface area contributed by atoms with Crippen molar-refractivity contribution in [3.63, 3.8) is 0 Å². The van der Waals surface area contributed by atoms with Crippen LogP contribution in [-0.2, 0) is 0 Å². The highest BCUT2D eigenvalue weighted by Gasteiger charge is 2.35. The van der Waals surface area contributed by atoms with Crippen LogP contribution in [0.1, 0.15) is 57.9 Å². The summed E-state index contributed by atoms with van der Waals surface area (Å²) in [5.74, 6) is -0.226. The smallest absolute Gasteiger partial charge is 0.126 e. The first-order valence-electron chi connectivity index (χ1n) is 8.08. The van der Waals surface area contributed by atoms with Crippen LogP contribution in [0.4, 0.5) is 8.78 Å². The molecule has 2 rings (SSSR count). The number of hydrogen-bond acceptors (Lipinski definition) is 1. The van der Waals surface area contributed by atoms with Crippen molar-refractivity contribution in [3.8, 4) is 0 Å². The van der Waals surface area contributed by atoms with Crippen molar-refractivity contribution in [2.45, 2.75) is 52.4 Å². The van der Waals surface area contributed by atoms with Gasteiger partial charge in [0.2, 0.25) is 0 Å². The summed E-state index contributed by atoms with van der Waals surface area (Å²) in [6.45, 7) is 8.60. The van der Waals surface area contributed by atoms with Crippen molar-refractivity contribution in [1.82, 2.24) is 5.32 Å². The fourth-order valence-electron chi connectivity index (χ4n) is 3.53. The summed E-state index contributed by atoms with van der Waals surface area (Å²) in [5, 5.41) is 3.47. The van der Waals surface area contributed by atoms with E-state index in [1.807, 2.05) is 0 Å². The monoisotopic (exact) mass is 295 g/mol. The third-order valence-corrected chi connectivity index (χ3v) is 4.68. The maximum absolute atomic E-state index is 13.6. The molecule has 1 aromatic carbocycles. The molecular weight excluding hydrogens is 268 g/mol. The van der Waals surface area contributed by atoms with Gasteiger partial charge in [0.05, 0.1) is 0 Å². The van der Waals surface area contributed by atoms with E-state index in [1.54, 1.807) is 0 Å². The maximum Gasteiger partial charge on any atom is 0.126 e. The van der Waals surface area contributed by atoms with Crippen LogP contribution in [0.3, 0.4) is 0 Å². The van der Waals surface area contributed by atoms with Crippen LogP contribution in [-0.4, -0.2) is 13.1 Å². The van der Waals surface area contributed by atoms with Crippen LogP contribution in [0.15, 0.2) is 18.2 Å². The van der Waals surface area contributed by atoms with Crippen LogP contribution in [0.25, 0.3) is 0 Å². The summed E-state index contributed by atoms with van der Waals surface area (Å²) in [5.41, 5.74) is 1.07. The Labute approximate surface area is 127 Å². The summed E-state index contributed by atoms with van der Waals surface area (Å²) >= 11 is 0. The molecule has 1 saturated carbocycles. The fourth-order valence-corrected chi connectivity index (χ4v) is 3.53. The van der Waals surface area contributed by atoms with E-state index in [-0.39, 0.29) is 11.3 Å². The average Bonchev–Trinajstić information content (AvgIpc) is 2.39. The zero-order chi connectivity index (χ0) is 15.5. The highest BCUT2D eigenvalue weighted by atomic mass is 19.1. The Morgan fingerprint density at radius 2 is 1.86 bits per heavy atom. The molecule has 1 N–H and O–H groups in total. The quantitative estimate of drug-likeness (QED) is 0.764. The van der Waals surface area contributed by atoms with Crippen molar-refractivity contribution in [2.24, 2.45) is 11.3 Å². The molecule has 1 aromatic rings. The van der Waals surface area contributed by atoms with E-state index in [0.717, 1.165) is 44.0 Å². The van der Waals surface area contributed by atoms with E-state index in [0.29, 0.717) is 5.92 Å². The molecule has 1 aliphatic carbocycles. The number of rotatable bonds is 5. The lowest BCUT2D eigenvalue weighted by Crippen LogP contribution is -2.35. The molecule has 0 amide bonds. The molecule has 1 fully saturated rings. The van der Waals surface area contributed by atoms with Gasteiger partial charge in [-0.15, -0.1) is 0 Å². The first-order chi connectivity index (χ1) is 9.91. The van der Waals surface area contributed by atoms with E-state index >= 15 is 0 Å². The summed E-state index contributed by atoms with van der Waals surface area (Å²) < 4.78 is 27.1. The van der Waals surface area contributed by atoms with Crippen molar-refractivity contribution >= 4 is 0 Å². The largest absolute Gasteiger partial charge is 0.316 e. The second-order valence-electron chi connectivity index (χ2n) is 7.18. The van der Waals surface area contributed by atoms with Gasteiger partial charge >= 0.3 is 0 Å². The SMILES string of the molecule is CCCNCC1CCC(C)(C)CC1c1cc(F)cc(F)c1. The van der Waals surface area contributed by atoms with Gasteiger partial charge in [-0.25, -0.2) is 8.78 Å². The maximum atomic E-state index is 13.6. The van der Waals surface area contributed by atoms with E-state index in [9.17, 15) is 8.78 Å². The first kappa shape index (κ1) is 16.4. The van der Waals surface area contributed by atoms with Gasteiger partial charge in [-0.05, 0) is 73.7 Å². The van der Waals surface area contributed by atoms with Crippen LogP contribution in [0.2, 0.25) is 0 Å². The minimum atomic E-state index is -0.464. The molecule has 3 heteroatoms. The van der Waals surface area contributed by atoms with Gasteiger partial charge in [-0.1, -0.05) is 20.8 Å². The molecule has 21 heavy (non-hydrogen) atoms. The predicted octanol–water partition coefficient (Wildman–Crippen LogP) is 4.87. The van der Waals surface area contributed by atoms with E-state index in [2.05, 4.69) is 26.1 Å². The molecule has 0 spiro atoms. The molecule has 1 nitrogen and oxygen atoms in total. The number of hydrogen-bond donors (Lipinski definition) is 1. The van der Waals surface area contributed by atoms with E-state index in [1.165, 1.54) is 18.6 Å². The third kappa shape index (κ3) is 4.50. The van der Waals surface area contributed by atoms with Crippen molar-refractivity contribution in [2.75, 3.05) is 13.1 Å². The molecule has 0 radical (unpaired) electrons. The first-order valence-corrected chi connectivity index (χ1v) is 8.08. The standard InChI is InChI=1S/C18H27F2N/c1-4-7-21-12-13-5-6-18(2,3)11-17(13)14-8-15(19)10-16(20)9-14/h8-10,13,17,21H,4-7,11-12H2,1-3H3. The number of benzene rings is 1. The second kappa shape index (κ2) is 6.87. The predicted molar refractivity (Wildman–Crippen MR) is 83.4 cm³/mol. The lowest BCUT2D eigenvalue weighted by atomic mass is 9.65. The molecule has 0 aliphatic heterocycles. The normalized spacial score (nSPS) is 25.0. The van der Waals surface area contributed by atoms with Gasteiger partial charge in [0.1, 0.15) is 11.6 Å². The lowest BCUT2D eigenvalue weighted by Gasteiger charge is -2.41. The average molecular weight is 295 g/mol. The van der Waals surface area contributed by atoms with Gasteiger partial charge < -0.3 is 5.32 Å². The minimum Gasteiger partial charge on any atom is -0.316 e. The van der Waals surface area contributed by atoms with Crippen LogP contribution in [0.5, 0.6) is 0 Å². The summed E-state index contributed by atoms with van der Waals surface area (Å²) in [7, 11) is 0. The van der Waals surface area contributed by atoms with Gasteiger partial charge in [0.25, 0.3) is 0 Å². The van der Waals surface area contributed by atoms with Gasteiger partial charge in [0.15, 0.2) is 0 Å².